The molecule has 0 radical (unpaired) electrons. The van der Waals surface area contributed by atoms with Crippen LogP contribution in [0.1, 0.15) is 52.4 Å². The molecule has 2 nitrogen and oxygen atoms in total. The molecule has 4 heteroatoms. The summed E-state index contributed by atoms with van der Waals surface area (Å²) < 4.78 is 30.5. The van der Waals surface area contributed by atoms with E-state index in [4.69, 9.17) is 4.74 Å². The zero-order valence-corrected chi connectivity index (χ0v) is 10.7. The summed E-state index contributed by atoms with van der Waals surface area (Å²) in [6, 6.07) is 0. The average Bonchev–Trinajstić information content (AvgIpc) is 3.03. The van der Waals surface area contributed by atoms with Gasteiger partial charge in [0.1, 0.15) is 0 Å². The number of ether oxygens (including phenoxy) is 1. The van der Waals surface area contributed by atoms with Crippen molar-refractivity contribution in [2.75, 3.05) is 6.61 Å². The first-order valence-corrected chi connectivity index (χ1v) is 6.53. The summed E-state index contributed by atoms with van der Waals surface area (Å²) in [4.78, 5) is 11.9. The van der Waals surface area contributed by atoms with Crippen LogP contribution >= 0.6 is 0 Å². The second kappa shape index (κ2) is 6.31. The van der Waals surface area contributed by atoms with Crippen molar-refractivity contribution in [2.45, 2.75) is 58.8 Å². The van der Waals surface area contributed by atoms with Gasteiger partial charge in [0.15, 0.2) is 0 Å². The van der Waals surface area contributed by atoms with E-state index in [0.717, 1.165) is 25.7 Å². The highest BCUT2D eigenvalue weighted by Crippen LogP contribution is 2.59. The Balaban J connectivity index is 2.50. The first-order chi connectivity index (χ1) is 8.08. The van der Waals surface area contributed by atoms with Gasteiger partial charge in [-0.05, 0) is 19.3 Å². The second-order valence-electron chi connectivity index (χ2n) is 4.89. The molecule has 0 bridgehead atoms. The van der Waals surface area contributed by atoms with Gasteiger partial charge in [0.25, 0.3) is 0 Å². The zero-order valence-electron chi connectivity index (χ0n) is 10.7. The van der Waals surface area contributed by atoms with E-state index in [1.807, 2.05) is 13.8 Å². The van der Waals surface area contributed by atoms with Crippen molar-refractivity contribution in [1.29, 1.82) is 0 Å². The molecular formula is C13H22F2O2. The number of rotatable bonds is 8. The van der Waals surface area contributed by atoms with E-state index < -0.39 is 23.7 Å². The average molecular weight is 248 g/mol. The summed E-state index contributed by atoms with van der Waals surface area (Å²) in [5, 5.41) is 0. The van der Waals surface area contributed by atoms with Crippen LogP contribution in [0.5, 0.6) is 0 Å². The Morgan fingerprint density at radius 3 is 2.47 bits per heavy atom. The van der Waals surface area contributed by atoms with E-state index >= 15 is 0 Å². The van der Waals surface area contributed by atoms with E-state index in [1.54, 1.807) is 0 Å². The largest absolute Gasteiger partial charge is 0.465 e. The molecular weight excluding hydrogens is 226 g/mol. The highest BCUT2D eigenvalue weighted by atomic mass is 19.3. The van der Waals surface area contributed by atoms with Crippen molar-refractivity contribution >= 4 is 5.97 Å². The second-order valence-corrected chi connectivity index (χ2v) is 4.89. The fourth-order valence-corrected chi connectivity index (χ4v) is 2.23. The van der Waals surface area contributed by atoms with Crippen LogP contribution < -0.4 is 0 Å². The number of alkyl halides is 2. The molecule has 0 spiro atoms. The first-order valence-electron chi connectivity index (χ1n) is 6.53. The molecule has 100 valence electrons. The summed E-state index contributed by atoms with van der Waals surface area (Å²) in [5.41, 5.74) is -0.863. The highest BCUT2D eigenvalue weighted by molar-refractivity contribution is 5.80. The topological polar surface area (TPSA) is 26.3 Å². The fourth-order valence-electron chi connectivity index (χ4n) is 2.23. The first kappa shape index (κ1) is 14.4. The van der Waals surface area contributed by atoms with Crippen molar-refractivity contribution in [3.8, 4) is 0 Å². The van der Waals surface area contributed by atoms with Gasteiger partial charge in [-0.2, -0.15) is 0 Å². The Bertz CT molecular complexity index is 256. The van der Waals surface area contributed by atoms with Gasteiger partial charge in [0, 0.05) is 5.92 Å². The van der Waals surface area contributed by atoms with E-state index in [9.17, 15) is 13.6 Å². The number of carbonyl (C=O) groups is 1. The third kappa shape index (κ3) is 3.39. The molecule has 0 aromatic rings. The van der Waals surface area contributed by atoms with Crippen LogP contribution in [-0.4, -0.2) is 19.0 Å². The standard InChI is InChI=1S/C13H22F2O2/c1-3-5-7-13(9-10(13)11(14)15)12(16)17-8-6-4-2/h10-11H,3-9H2,1-2H3. The summed E-state index contributed by atoms with van der Waals surface area (Å²) in [6.07, 6.45) is 1.92. The molecule has 1 aliphatic carbocycles. The highest BCUT2D eigenvalue weighted by Gasteiger charge is 2.64. The molecule has 1 saturated carbocycles. The van der Waals surface area contributed by atoms with Gasteiger partial charge in [-0.15, -0.1) is 0 Å². The predicted molar refractivity (Wildman–Crippen MR) is 61.9 cm³/mol. The Morgan fingerprint density at radius 1 is 1.35 bits per heavy atom. The molecule has 0 heterocycles. The molecule has 0 aromatic carbocycles. The van der Waals surface area contributed by atoms with Gasteiger partial charge in [0.2, 0.25) is 6.43 Å². The lowest BCUT2D eigenvalue weighted by Crippen LogP contribution is -2.24. The van der Waals surface area contributed by atoms with Gasteiger partial charge in [-0.3, -0.25) is 4.79 Å². The van der Waals surface area contributed by atoms with E-state index in [0.29, 0.717) is 19.4 Å². The Kier molecular flexibility index (Phi) is 5.34. The molecule has 0 amide bonds. The third-order valence-corrected chi connectivity index (χ3v) is 3.55. The quantitative estimate of drug-likeness (QED) is 0.482. The normalized spacial score (nSPS) is 27.2. The van der Waals surface area contributed by atoms with E-state index in [1.165, 1.54) is 0 Å². The fraction of sp³-hybridized carbons (Fsp3) is 0.923. The molecule has 2 atom stereocenters. The maximum absolute atomic E-state index is 12.7. The maximum atomic E-state index is 12.7. The van der Waals surface area contributed by atoms with Gasteiger partial charge in [0.05, 0.1) is 12.0 Å². The molecule has 1 aliphatic rings. The van der Waals surface area contributed by atoms with Crippen molar-refractivity contribution in [3.05, 3.63) is 0 Å². The van der Waals surface area contributed by atoms with E-state index in [-0.39, 0.29) is 0 Å². The summed E-state index contributed by atoms with van der Waals surface area (Å²) in [5.74, 6) is -1.17. The lowest BCUT2D eigenvalue weighted by Gasteiger charge is -2.16. The lowest BCUT2D eigenvalue weighted by molar-refractivity contribution is -0.152. The number of hydrogen-bond donors (Lipinski definition) is 0. The van der Waals surface area contributed by atoms with Gasteiger partial charge in [-0.1, -0.05) is 33.1 Å². The molecule has 0 aromatic heterocycles. The van der Waals surface area contributed by atoms with Crippen LogP contribution in [0.2, 0.25) is 0 Å². The predicted octanol–water partition coefficient (Wildman–Crippen LogP) is 3.79. The van der Waals surface area contributed by atoms with Crippen LogP contribution in [0.15, 0.2) is 0 Å². The molecule has 2 unspecified atom stereocenters. The van der Waals surface area contributed by atoms with Gasteiger partial charge >= 0.3 is 5.97 Å². The molecule has 17 heavy (non-hydrogen) atoms. The Labute approximate surface area is 102 Å². The van der Waals surface area contributed by atoms with Crippen molar-refractivity contribution in [2.24, 2.45) is 11.3 Å². The van der Waals surface area contributed by atoms with Crippen molar-refractivity contribution < 1.29 is 18.3 Å². The van der Waals surface area contributed by atoms with Crippen LogP contribution in [0.4, 0.5) is 8.78 Å². The zero-order chi connectivity index (χ0) is 12.9. The maximum Gasteiger partial charge on any atom is 0.312 e. The molecule has 0 saturated heterocycles. The minimum atomic E-state index is -2.40. The van der Waals surface area contributed by atoms with Crippen LogP contribution in [0, 0.1) is 11.3 Å². The number of halogens is 2. The third-order valence-electron chi connectivity index (χ3n) is 3.55. The number of hydrogen-bond acceptors (Lipinski definition) is 2. The summed E-state index contributed by atoms with van der Waals surface area (Å²) in [6.45, 7) is 4.36. The number of unbranched alkanes of at least 4 members (excludes halogenated alkanes) is 2. The number of carbonyl (C=O) groups excluding carboxylic acids is 1. The monoisotopic (exact) mass is 248 g/mol. The van der Waals surface area contributed by atoms with E-state index in [2.05, 4.69) is 0 Å². The Hall–Kier alpha value is -0.670. The molecule has 1 fully saturated rings. The van der Waals surface area contributed by atoms with Crippen LogP contribution in [-0.2, 0) is 9.53 Å². The molecule has 0 N–H and O–H groups in total. The van der Waals surface area contributed by atoms with Crippen LogP contribution in [0.25, 0.3) is 0 Å². The van der Waals surface area contributed by atoms with Crippen molar-refractivity contribution in [3.63, 3.8) is 0 Å². The minimum absolute atomic E-state index is 0.301. The molecule has 0 aliphatic heterocycles. The summed E-state index contributed by atoms with van der Waals surface area (Å²) >= 11 is 0. The lowest BCUT2D eigenvalue weighted by atomic mass is 9.96. The van der Waals surface area contributed by atoms with Crippen molar-refractivity contribution in [1.82, 2.24) is 0 Å². The summed E-state index contributed by atoms with van der Waals surface area (Å²) in [7, 11) is 0. The van der Waals surface area contributed by atoms with Gasteiger partial charge in [-0.25, -0.2) is 8.78 Å². The molecule has 1 rings (SSSR count). The minimum Gasteiger partial charge on any atom is -0.465 e. The number of esters is 1. The Morgan fingerprint density at radius 2 is 2.00 bits per heavy atom. The smallest absolute Gasteiger partial charge is 0.312 e. The van der Waals surface area contributed by atoms with Gasteiger partial charge < -0.3 is 4.74 Å². The SMILES string of the molecule is CCCCOC(=O)C1(CCCC)CC1C(F)F. The van der Waals surface area contributed by atoms with Crippen LogP contribution in [0.3, 0.4) is 0 Å².